The maximum absolute atomic E-state index is 6.17. The zero-order chi connectivity index (χ0) is 19.8. The van der Waals surface area contributed by atoms with Gasteiger partial charge >= 0.3 is 0 Å². The number of morpholine rings is 1. The van der Waals surface area contributed by atoms with Gasteiger partial charge in [0.1, 0.15) is 5.60 Å². The molecule has 0 aliphatic carbocycles. The predicted molar refractivity (Wildman–Crippen MR) is 114 cm³/mol. The van der Waals surface area contributed by atoms with Gasteiger partial charge in [-0.25, -0.2) is 9.97 Å². The lowest BCUT2D eigenvalue weighted by molar-refractivity contribution is -0.0470. The van der Waals surface area contributed by atoms with Crippen molar-refractivity contribution in [2.75, 3.05) is 24.6 Å². The Balaban J connectivity index is 1.58. The molecule has 1 aliphatic rings. The van der Waals surface area contributed by atoms with Crippen LogP contribution in [0, 0.1) is 0 Å². The van der Waals surface area contributed by atoms with Gasteiger partial charge in [0.2, 0.25) is 5.95 Å². The van der Waals surface area contributed by atoms with Crippen LogP contribution in [0.5, 0.6) is 0 Å². The molecule has 0 amide bonds. The molecule has 0 spiro atoms. The average Bonchev–Trinajstić information content (AvgIpc) is 3.21. The van der Waals surface area contributed by atoms with E-state index in [9.17, 15) is 0 Å². The summed E-state index contributed by atoms with van der Waals surface area (Å²) in [6.45, 7) is 4.14. The number of rotatable bonds is 3. The number of aryl methyl sites for hydroxylation is 1. The van der Waals surface area contributed by atoms with Gasteiger partial charge in [-0.2, -0.15) is 5.10 Å². The maximum atomic E-state index is 6.17. The van der Waals surface area contributed by atoms with E-state index >= 15 is 0 Å². The van der Waals surface area contributed by atoms with Crippen molar-refractivity contribution < 1.29 is 4.74 Å². The number of hydrogen-bond acceptors (Lipinski definition) is 5. The zero-order valence-corrected chi connectivity index (χ0v) is 16.6. The molecule has 1 aliphatic heterocycles. The van der Waals surface area contributed by atoms with E-state index in [1.165, 1.54) is 0 Å². The Kier molecular flexibility index (Phi) is 4.28. The minimum Gasteiger partial charge on any atom is -0.367 e. The van der Waals surface area contributed by atoms with Crippen LogP contribution in [0.25, 0.3) is 22.2 Å². The Morgan fingerprint density at radius 1 is 1.00 bits per heavy atom. The van der Waals surface area contributed by atoms with Crippen molar-refractivity contribution in [2.24, 2.45) is 7.05 Å². The molecule has 2 aromatic heterocycles. The molecule has 1 fully saturated rings. The molecule has 5 rings (SSSR count). The lowest BCUT2D eigenvalue weighted by Gasteiger charge is -2.40. The van der Waals surface area contributed by atoms with Crippen LogP contribution in [0.3, 0.4) is 0 Å². The number of hydrogen-bond donors (Lipinski definition) is 0. The molecule has 1 unspecified atom stereocenters. The van der Waals surface area contributed by atoms with Crippen LogP contribution in [0.15, 0.2) is 67.0 Å². The van der Waals surface area contributed by atoms with Gasteiger partial charge in [-0.3, -0.25) is 4.68 Å². The quantitative estimate of drug-likeness (QED) is 0.537. The second-order valence-electron chi connectivity index (χ2n) is 7.66. The van der Waals surface area contributed by atoms with Crippen LogP contribution in [0.1, 0.15) is 12.5 Å². The molecular formula is C23H23N5O. The fraction of sp³-hybridized carbons (Fsp3) is 0.261. The minimum atomic E-state index is -0.450. The first-order chi connectivity index (χ1) is 14.1. The van der Waals surface area contributed by atoms with E-state index in [4.69, 9.17) is 14.7 Å². The van der Waals surface area contributed by atoms with Crippen LogP contribution in [-0.2, 0) is 17.4 Å². The van der Waals surface area contributed by atoms with E-state index in [0.717, 1.165) is 40.2 Å². The maximum Gasteiger partial charge on any atom is 0.226 e. The van der Waals surface area contributed by atoms with Crippen LogP contribution >= 0.6 is 0 Å². The molecule has 0 saturated carbocycles. The summed E-state index contributed by atoms with van der Waals surface area (Å²) in [5, 5.41) is 5.38. The first-order valence-corrected chi connectivity index (χ1v) is 9.83. The molecule has 0 N–H and O–H groups in total. The first-order valence-electron chi connectivity index (χ1n) is 9.83. The number of nitrogens with zero attached hydrogens (tertiary/aromatic N) is 5. The fourth-order valence-electron chi connectivity index (χ4n) is 3.93. The highest BCUT2D eigenvalue weighted by molar-refractivity contribution is 5.93. The first kappa shape index (κ1) is 17.8. The normalized spacial score (nSPS) is 19.6. The summed E-state index contributed by atoms with van der Waals surface area (Å²) in [5.74, 6) is 0.737. The highest BCUT2D eigenvalue weighted by Crippen LogP contribution is 2.33. The third kappa shape index (κ3) is 3.25. The van der Waals surface area contributed by atoms with E-state index in [1.807, 2.05) is 60.5 Å². The number of ether oxygens (including phenoxy) is 1. The Morgan fingerprint density at radius 2 is 1.79 bits per heavy atom. The van der Waals surface area contributed by atoms with Gasteiger partial charge in [0.25, 0.3) is 0 Å². The van der Waals surface area contributed by atoms with Crippen LogP contribution < -0.4 is 4.90 Å². The van der Waals surface area contributed by atoms with Crippen LogP contribution in [0.2, 0.25) is 0 Å². The molecule has 29 heavy (non-hydrogen) atoms. The highest BCUT2D eigenvalue weighted by Gasteiger charge is 2.36. The molecule has 0 radical (unpaired) electrons. The van der Waals surface area contributed by atoms with Crippen LogP contribution in [0.4, 0.5) is 5.95 Å². The van der Waals surface area contributed by atoms with Gasteiger partial charge in [-0.1, -0.05) is 48.5 Å². The lowest BCUT2D eigenvalue weighted by Crippen LogP contribution is -2.48. The van der Waals surface area contributed by atoms with Crippen molar-refractivity contribution in [3.63, 3.8) is 0 Å². The molecule has 4 aromatic rings. The third-order valence-corrected chi connectivity index (χ3v) is 5.51. The summed E-state index contributed by atoms with van der Waals surface area (Å²) in [7, 11) is 1.92. The summed E-state index contributed by atoms with van der Waals surface area (Å²) in [4.78, 5) is 12.1. The fourth-order valence-corrected chi connectivity index (χ4v) is 3.93. The van der Waals surface area contributed by atoms with Crippen molar-refractivity contribution in [1.82, 2.24) is 19.7 Å². The standard InChI is InChI=1S/C23H23N5O/c1-23(18-14-24-27(2)15-18)16-28(12-13-29-23)22-25-20-11-7-6-10-19(20)21(26-22)17-8-4-3-5-9-17/h3-11,14-15H,12-13,16H2,1-2H3. The monoisotopic (exact) mass is 385 g/mol. The van der Waals surface area contributed by atoms with Crippen molar-refractivity contribution in [2.45, 2.75) is 12.5 Å². The molecule has 3 heterocycles. The number of benzene rings is 2. The summed E-state index contributed by atoms with van der Waals surface area (Å²) in [6, 6.07) is 18.5. The van der Waals surface area contributed by atoms with Gasteiger partial charge in [-0.05, 0) is 13.0 Å². The van der Waals surface area contributed by atoms with Gasteiger partial charge in [0, 0.05) is 36.3 Å². The molecule has 1 atom stereocenters. The Hall–Kier alpha value is -3.25. The Morgan fingerprint density at radius 3 is 2.59 bits per heavy atom. The molecule has 2 aromatic carbocycles. The largest absolute Gasteiger partial charge is 0.367 e. The number of anilines is 1. The summed E-state index contributed by atoms with van der Waals surface area (Å²) >= 11 is 0. The summed E-state index contributed by atoms with van der Waals surface area (Å²) < 4.78 is 7.98. The number of aromatic nitrogens is 4. The van der Waals surface area contributed by atoms with Crippen molar-refractivity contribution in [3.05, 3.63) is 72.6 Å². The van der Waals surface area contributed by atoms with E-state index in [2.05, 4.69) is 35.1 Å². The van der Waals surface area contributed by atoms with Crippen molar-refractivity contribution in [3.8, 4) is 11.3 Å². The SMILES string of the molecule is Cn1cc(C2(C)CN(c3nc(-c4ccccc4)c4ccccc4n3)CCO2)cn1. The molecule has 1 saturated heterocycles. The van der Waals surface area contributed by atoms with Crippen molar-refractivity contribution in [1.29, 1.82) is 0 Å². The van der Waals surface area contributed by atoms with Crippen molar-refractivity contribution >= 4 is 16.9 Å². The Bertz CT molecular complexity index is 1160. The molecule has 146 valence electrons. The van der Waals surface area contributed by atoms with Gasteiger partial charge in [0.15, 0.2) is 0 Å². The Labute approximate surface area is 169 Å². The smallest absolute Gasteiger partial charge is 0.226 e. The average molecular weight is 385 g/mol. The summed E-state index contributed by atoms with van der Waals surface area (Å²) in [6.07, 6.45) is 3.89. The van der Waals surface area contributed by atoms with Gasteiger partial charge in [-0.15, -0.1) is 0 Å². The second kappa shape index (κ2) is 6.97. The third-order valence-electron chi connectivity index (χ3n) is 5.51. The van der Waals surface area contributed by atoms with E-state index in [1.54, 1.807) is 0 Å². The van der Waals surface area contributed by atoms with E-state index < -0.39 is 5.60 Å². The predicted octanol–water partition coefficient (Wildman–Crippen LogP) is 3.78. The number of fused-ring (bicyclic) bond motifs is 1. The highest BCUT2D eigenvalue weighted by atomic mass is 16.5. The summed E-state index contributed by atoms with van der Waals surface area (Å²) in [5.41, 5.74) is 3.62. The number of para-hydroxylation sites is 1. The molecular weight excluding hydrogens is 362 g/mol. The zero-order valence-electron chi connectivity index (χ0n) is 16.6. The lowest BCUT2D eigenvalue weighted by atomic mass is 9.97. The van der Waals surface area contributed by atoms with Crippen LogP contribution in [-0.4, -0.2) is 39.4 Å². The van der Waals surface area contributed by atoms with Gasteiger partial charge < -0.3 is 9.64 Å². The molecule has 0 bridgehead atoms. The van der Waals surface area contributed by atoms with E-state index in [0.29, 0.717) is 13.2 Å². The minimum absolute atomic E-state index is 0.450. The molecule has 6 heteroatoms. The molecule has 6 nitrogen and oxygen atoms in total. The van der Waals surface area contributed by atoms with E-state index in [-0.39, 0.29) is 0 Å². The topological polar surface area (TPSA) is 56.1 Å². The second-order valence-corrected chi connectivity index (χ2v) is 7.66. The van der Waals surface area contributed by atoms with Gasteiger partial charge in [0.05, 0.1) is 30.6 Å².